The molecule has 0 aliphatic heterocycles. The largest absolute Gasteiger partial charge is 0.258 e. The molecule has 0 saturated carbocycles. The molecule has 0 atom stereocenters. The molecule has 0 saturated heterocycles. The van der Waals surface area contributed by atoms with Crippen molar-refractivity contribution in [2.24, 2.45) is 0 Å². The Hall–Kier alpha value is -0.920. The van der Waals surface area contributed by atoms with Crippen LogP contribution in [0.4, 0.5) is 0 Å². The SMILES string of the molecule is C.Cc1cnc(C)c(C)n1. The van der Waals surface area contributed by atoms with Gasteiger partial charge in [-0.3, -0.25) is 9.97 Å². The van der Waals surface area contributed by atoms with Crippen LogP contribution in [0.5, 0.6) is 0 Å². The van der Waals surface area contributed by atoms with Crippen molar-refractivity contribution in [3.63, 3.8) is 0 Å². The van der Waals surface area contributed by atoms with Gasteiger partial charge in [-0.2, -0.15) is 0 Å². The maximum Gasteiger partial charge on any atom is 0.0588 e. The van der Waals surface area contributed by atoms with E-state index in [1.165, 1.54) is 0 Å². The van der Waals surface area contributed by atoms with Crippen LogP contribution in [0.3, 0.4) is 0 Å². The zero-order valence-electron chi connectivity index (χ0n) is 5.97. The van der Waals surface area contributed by atoms with Gasteiger partial charge in [0, 0.05) is 6.20 Å². The summed E-state index contributed by atoms with van der Waals surface area (Å²) >= 11 is 0. The van der Waals surface area contributed by atoms with Crippen molar-refractivity contribution in [3.05, 3.63) is 23.3 Å². The molecule has 0 unspecified atom stereocenters. The van der Waals surface area contributed by atoms with E-state index >= 15 is 0 Å². The van der Waals surface area contributed by atoms with Crippen LogP contribution in [-0.2, 0) is 0 Å². The van der Waals surface area contributed by atoms with Gasteiger partial charge in [0.25, 0.3) is 0 Å². The summed E-state index contributed by atoms with van der Waals surface area (Å²) in [4.78, 5) is 8.33. The Labute approximate surface area is 62.3 Å². The minimum absolute atomic E-state index is 0. The highest BCUT2D eigenvalue weighted by atomic mass is 14.8. The molecule has 1 aromatic heterocycles. The van der Waals surface area contributed by atoms with E-state index in [1.807, 2.05) is 20.8 Å². The molecule has 1 aromatic rings. The topological polar surface area (TPSA) is 25.8 Å². The predicted octanol–water partition coefficient (Wildman–Crippen LogP) is 2.04. The summed E-state index contributed by atoms with van der Waals surface area (Å²) in [5.41, 5.74) is 3.02. The first-order valence-electron chi connectivity index (χ1n) is 2.97. The summed E-state index contributed by atoms with van der Waals surface area (Å²) in [5.74, 6) is 0. The number of rotatable bonds is 0. The summed E-state index contributed by atoms with van der Waals surface area (Å²) in [6.45, 7) is 5.87. The molecule has 10 heavy (non-hydrogen) atoms. The molecule has 0 bridgehead atoms. The van der Waals surface area contributed by atoms with Gasteiger partial charge < -0.3 is 0 Å². The Morgan fingerprint density at radius 2 is 1.70 bits per heavy atom. The lowest BCUT2D eigenvalue weighted by Gasteiger charge is -1.96. The van der Waals surface area contributed by atoms with Gasteiger partial charge in [-0.25, -0.2) is 0 Å². The quantitative estimate of drug-likeness (QED) is 0.548. The van der Waals surface area contributed by atoms with Gasteiger partial charge in [-0.05, 0) is 20.8 Å². The molecular formula is C8H14N2. The van der Waals surface area contributed by atoms with E-state index in [1.54, 1.807) is 6.20 Å². The zero-order chi connectivity index (χ0) is 6.85. The maximum atomic E-state index is 4.21. The molecule has 0 radical (unpaired) electrons. The van der Waals surface area contributed by atoms with Crippen LogP contribution in [0, 0.1) is 20.8 Å². The highest BCUT2D eigenvalue weighted by Crippen LogP contribution is 1.98. The van der Waals surface area contributed by atoms with E-state index in [2.05, 4.69) is 9.97 Å². The molecule has 0 aliphatic rings. The van der Waals surface area contributed by atoms with Crippen LogP contribution in [0.1, 0.15) is 24.5 Å². The van der Waals surface area contributed by atoms with Crippen LogP contribution in [0.25, 0.3) is 0 Å². The standard InChI is InChI=1S/C7H10N2.CH4/c1-5-4-8-6(2)7(3)9-5;/h4H,1-3H3;1H4. The van der Waals surface area contributed by atoms with Gasteiger partial charge in [0.1, 0.15) is 0 Å². The Morgan fingerprint density at radius 1 is 1.10 bits per heavy atom. The maximum absolute atomic E-state index is 4.21. The molecule has 0 spiro atoms. The molecule has 0 amide bonds. The van der Waals surface area contributed by atoms with Crippen LogP contribution < -0.4 is 0 Å². The van der Waals surface area contributed by atoms with Crippen molar-refractivity contribution in [1.82, 2.24) is 9.97 Å². The van der Waals surface area contributed by atoms with Crippen molar-refractivity contribution < 1.29 is 0 Å². The van der Waals surface area contributed by atoms with Crippen LogP contribution in [0.2, 0.25) is 0 Å². The molecule has 0 aromatic carbocycles. The van der Waals surface area contributed by atoms with Crippen molar-refractivity contribution in [2.45, 2.75) is 28.2 Å². The van der Waals surface area contributed by atoms with Gasteiger partial charge >= 0.3 is 0 Å². The fourth-order valence-electron chi connectivity index (χ4n) is 0.658. The Bertz CT molecular complexity index is 218. The van der Waals surface area contributed by atoms with Crippen LogP contribution in [-0.4, -0.2) is 9.97 Å². The van der Waals surface area contributed by atoms with Crippen molar-refractivity contribution >= 4 is 0 Å². The lowest BCUT2D eigenvalue weighted by atomic mass is 10.3. The molecule has 1 rings (SSSR count). The van der Waals surface area contributed by atoms with Crippen molar-refractivity contribution in [3.8, 4) is 0 Å². The summed E-state index contributed by atoms with van der Waals surface area (Å²) in [5, 5.41) is 0. The molecule has 2 nitrogen and oxygen atoms in total. The average molecular weight is 138 g/mol. The molecule has 56 valence electrons. The zero-order valence-corrected chi connectivity index (χ0v) is 5.97. The van der Waals surface area contributed by atoms with Crippen molar-refractivity contribution in [1.29, 1.82) is 0 Å². The van der Waals surface area contributed by atoms with E-state index in [0.717, 1.165) is 17.1 Å². The second kappa shape index (κ2) is 3.30. The number of hydrogen-bond acceptors (Lipinski definition) is 2. The third-order valence-electron chi connectivity index (χ3n) is 1.31. The average Bonchev–Trinajstić information content (AvgIpc) is 1.80. The normalized spacial score (nSPS) is 8.70. The van der Waals surface area contributed by atoms with Gasteiger partial charge in [-0.15, -0.1) is 0 Å². The van der Waals surface area contributed by atoms with E-state index in [0.29, 0.717) is 0 Å². The Kier molecular flexibility index (Phi) is 3.00. The molecule has 0 N–H and O–H groups in total. The number of aryl methyl sites for hydroxylation is 3. The highest BCUT2D eigenvalue weighted by Gasteiger charge is 1.92. The van der Waals surface area contributed by atoms with Gasteiger partial charge in [-0.1, -0.05) is 7.43 Å². The molecule has 2 heteroatoms. The minimum Gasteiger partial charge on any atom is -0.258 e. The van der Waals surface area contributed by atoms with Crippen LogP contribution in [0.15, 0.2) is 6.20 Å². The number of aromatic nitrogens is 2. The highest BCUT2D eigenvalue weighted by molar-refractivity contribution is 5.09. The Balaban J connectivity index is 0.000000810. The summed E-state index contributed by atoms with van der Waals surface area (Å²) < 4.78 is 0. The minimum atomic E-state index is 0. The third kappa shape index (κ3) is 1.79. The molecule has 0 aliphatic carbocycles. The van der Waals surface area contributed by atoms with E-state index in [-0.39, 0.29) is 7.43 Å². The third-order valence-corrected chi connectivity index (χ3v) is 1.31. The van der Waals surface area contributed by atoms with Crippen molar-refractivity contribution in [2.75, 3.05) is 0 Å². The second-order valence-corrected chi connectivity index (χ2v) is 2.18. The summed E-state index contributed by atoms with van der Waals surface area (Å²) in [7, 11) is 0. The first-order chi connectivity index (χ1) is 4.20. The second-order valence-electron chi connectivity index (χ2n) is 2.18. The summed E-state index contributed by atoms with van der Waals surface area (Å²) in [6.07, 6.45) is 1.78. The molecule has 1 heterocycles. The number of hydrogen-bond donors (Lipinski definition) is 0. The predicted molar refractivity (Wildman–Crippen MR) is 43.0 cm³/mol. The van der Waals surface area contributed by atoms with E-state index < -0.39 is 0 Å². The van der Waals surface area contributed by atoms with Crippen LogP contribution >= 0.6 is 0 Å². The van der Waals surface area contributed by atoms with E-state index in [4.69, 9.17) is 0 Å². The number of nitrogens with zero attached hydrogens (tertiary/aromatic N) is 2. The van der Waals surface area contributed by atoms with Gasteiger partial charge in [0.05, 0.1) is 17.1 Å². The molecular weight excluding hydrogens is 124 g/mol. The fraction of sp³-hybridized carbons (Fsp3) is 0.500. The van der Waals surface area contributed by atoms with Gasteiger partial charge in [0.2, 0.25) is 0 Å². The lowest BCUT2D eigenvalue weighted by molar-refractivity contribution is 1.00. The Morgan fingerprint density at radius 3 is 2.10 bits per heavy atom. The monoisotopic (exact) mass is 138 g/mol. The van der Waals surface area contributed by atoms with E-state index in [9.17, 15) is 0 Å². The lowest BCUT2D eigenvalue weighted by Crippen LogP contribution is -1.92. The summed E-state index contributed by atoms with van der Waals surface area (Å²) in [6, 6.07) is 0. The van der Waals surface area contributed by atoms with Gasteiger partial charge in [0.15, 0.2) is 0 Å². The smallest absolute Gasteiger partial charge is 0.0588 e. The fourth-order valence-corrected chi connectivity index (χ4v) is 0.658. The first kappa shape index (κ1) is 9.08. The molecule has 0 fully saturated rings. The first-order valence-corrected chi connectivity index (χ1v) is 2.97.